The molecule has 0 radical (unpaired) electrons. The molecule has 0 aromatic carbocycles. The minimum absolute atomic E-state index is 0.00528. The molecule has 2 heteroatoms. The first-order valence-electron chi connectivity index (χ1n) is 15.4. The van der Waals surface area contributed by atoms with Gasteiger partial charge in [-0.1, -0.05) is 152 Å². The van der Waals surface area contributed by atoms with Gasteiger partial charge < -0.3 is 10.2 Å². The highest BCUT2D eigenvalue weighted by Gasteiger charge is 2.34. The van der Waals surface area contributed by atoms with Gasteiger partial charge in [-0.05, 0) is 77.2 Å². The molecule has 0 heterocycles. The average molecular weight is 569 g/mol. The van der Waals surface area contributed by atoms with Gasteiger partial charge in [0.05, 0.1) is 12.2 Å². The van der Waals surface area contributed by atoms with Crippen LogP contribution in [-0.2, 0) is 0 Å². The summed E-state index contributed by atoms with van der Waals surface area (Å²) in [6.45, 7) is 21.6. The Kier molecular flexibility index (Phi) is 13.5. The van der Waals surface area contributed by atoms with Crippen molar-refractivity contribution in [3.63, 3.8) is 0 Å². The van der Waals surface area contributed by atoms with Crippen molar-refractivity contribution in [2.45, 2.75) is 101 Å². The molecule has 0 amide bonds. The van der Waals surface area contributed by atoms with Crippen molar-refractivity contribution in [1.82, 2.24) is 0 Å². The third kappa shape index (κ3) is 11.7. The molecule has 0 aromatic rings. The maximum Gasteiger partial charge on any atom is 0.0729 e. The lowest BCUT2D eigenvalue weighted by molar-refractivity contribution is 0.116. The molecule has 2 aliphatic rings. The predicted molar refractivity (Wildman–Crippen MR) is 184 cm³/mol. The van der Waals surface area contributed by atoms with Gasteiger partial charge in [0, 0.05) is 5.92 Å². The molecule has 0 aliphatic heterocycles. The molecule has 2 aliphatic carbocycles. The molecule has 0 fully saturated rings. The van der Waals surface area contributed by atoms with Crippen molar-refractivity contribution in [1.29, 1.82) is 0 Å². The van der Waals surface area contributed by atoms with Gasteiger partial charge in [0.2, 0.25) is 0 Å². The fourth-order valence-electron chi connectivity index (χ4n) is 6.14. The minimum Gasteiger partial charge on any atom is -0.393 e. The highest BCUT2D eigenvalue weighted by Crippen LogP contribution is 2.42. The van der Waals surface area contributed by atoms with Crippen molar-refractivity contribution in [3.05, 3.63) is 130 Å². The summed E-state index contributed by atoms with van der Waals surface area (Å²) >= 11 is 0. The summed E-state index contributed by atoms with van der Waals surface area (Å²) < 4.78 is 0. The van der Waals surface area contributed by atoms with Gasteiger partial charge in [0.1, 0.15) is 0 Å². The zero-order valence-corrected chi connectivity index (χ0v) is 27.9. The Morgan fingerprint density at radius 1 is 0.714 bits per heavy atom. The standard InChI is InChI=1S/C40H56O2/c1-29(17-13-19-31(3)21-23-37-33(5)25-35(41)27-39(37,7)8)15-11-12-16-30(2)18-14-20-32(4)22-24-38-34(6)26-36(42)28-40(38,9)10/h11-25,35-37,41-42H,26-28H2,1-10H3/b12-11+,17-13+,18-14+,23-21+,24-22+,29-15-,30-16+,31-19+,32-20+/t35-,36+,37-/m0/s1. The Morgan fingerprint density at radius 3 is 1.74 bits per heavy atom. The summed E-state index contributed by atoms with van der Waals surface area (Å²) in [7, 11) is 0. The highest BCUT2D eigenvalue weighted by molar-refractivity contribution is 5.38. The van der Waals surface area contributed by atoms with Crippen LogP contribution in [0.25, 0.3) is 0 Å². The molecule has 0 unspecified atom stereocenters. The molecule has 42 heavy (non-hydrogen) atoms. The smallest absolute Gasteiger partial charge is 0.0729 e. The van der Waals surface area contributed by atoms with E-state index in [1.54, 1.807) is 0 Å². The van der Waals surface area contributed by atoms with Crippen LogP contribution < -0.4 is 0 Å². The first-order valence-corrected chi connectivity index (χ1v) is 15.4. The molecule has 2 nitrogen and oxygen atoms in total. The van der Waals surface area contributed by atoms with Gasteiger partial charge in [-0.15, -0.1) is 0 Å². The topological polar surface area (TPSA) is 40.5 Å². The van der Waals surface area contributed by atoms with E-state index in [1.807, 2.05) is 6.08 Å². The molecule has 0 saturated heterocycles. The lowest BCUT2D eigenvalue weighted by atomic mass is 9.67. The van der Waals surface area contributed by atoms with Crippen LogP contribution in [-0.4, -0.2) is 22.4 Å². The summed E-state index contributed by atoms with van der Waals surface area (Å²) in [5.74, 6) is 0.348. The third-order valence-corrected chi connectivity index (χ3v) is 8.33. The monoisotopic (exact) mass is 568 g/mol. The van der Waals surface area contributed by atoms with Crippen LogP contribution in [0.5, 0.6) is 0 Å². The predicted octanol–water partition coefficient (Wildman–Crippen LogP) is 10.4. The summed E-state index contributed by atoms with van der Waals surface area (Å²) in [6.07, 6.45) is 33.8. The van der Waals surface area contributed by atoms with Gasteiger partial charge >= 0.3 is 0 Å². The number of aliphatic hydroxyl groups excluding tert-OH is 2. The van der Waals surface area contributed by atoms with E-state index >= 15 is 0 Å². The average Bonchev–Trinajstić information content (AvgIpc) is 2.84. The summed E-state index contributed by atoms with van der Waals surface area (Å²) in [6, 6.07) is 0. The zero-order chi connectivity index (χ0) is 31.5. The molecule has 2 rings (SSSR count). The van der Waals surface area contributed by atoms with E-state index in [-0.39, 0.29) is 23.0 Å². The fraction of sp³-hybridized carbons (Fsp3) is 0.450. The number of aliphatic hydroxyl groups is 2. The Hall–Kier alpha value is -2.94. The van der Waals surface area contributed by atoms with Gasteiger partial charge in [0.25, 0.3) is 0 Å². The van der Waals surface area contributed by atoms with Crippen LogP contribution in [0, 0.1) is 16.7 Å². The molecular weight excluding hydrogens is 512 g/mol. The molecule has 0 spiro atoms. The van der Waals surface area contributed by atoms with E-state index in [0.29, 0.717) is 5.92 Å². The van der Waals surface area contributed by atoms with Crippen molar-refractivity contribution in [2.75, 3.05) is 0 Å². The highest BCUT2D eigenvalue weighted by atomic mass is 16.3. The first kappa shape index (κ1) is 35.3. The Labute approximate surface area is 257 Å². The molecule has 0 saturated carbocycles. The SMILES string of the molecule is CC1=C[C@H](O)CC(C)(C)[C@H]1/C=C/C(C)=C/C=C/C(C)=C\C=C\C=C(C)\C=C\C=C(C)\C=C\C1=C(C)C[C@@H](O)CC1(C)C. The van der Waals surface area contributed by atoms with E-state index in [4.69, 9.17) is 0 Å². The normalized spacial score (nSPS) is 26.6. The van der Waals surface area contributed by atoms with Crippen LogP contribution in [0.4, 0.5) is 0 Å². The van der Waals surface area contributed by atoms with Crippen LogP contribution in [0.2, 0.25) is 0 Å². The summed E-state index contributed by atoms with van der Waals surface area (Å²) in [5.41, 5.74) is 8.73. The molecule has 228 valence electrons. The quantitative estimate of drug-likeness (QED) is 0.203. The maximum atomic E-state index is 10.1. The number of hydrogen-bond acceptors (Lipinski definition) is 2. The second kappa shape index (κ2) is 16.1. The Balaban J connectivity index is 1.90. The summed E-state index contributed by atoms with van der Waals surface area (Å²) in [5, 5.41) is 20.2. The molecule has 0 aromatic heterocycles. The largest absolute Gasteiger partial charge is 0.393 e. The Morgan fingerprint density at radius 2 is 1.21 bits per heavy atom. The van der Waals surface area contributed by atoms with Crippen LogP contribution >= 0.6 is 0 Å². The van der Waals surface area contributed by atoms with E-state index in [0.717, 1.165) is 19.3 Å². The van der Waals surface area contributed by atoms with E-state index in [9.17, 15) is 10.2 Å². The van der Waals surface area contributed by atoms with Gasteiger partial charge in [-0.3, -0.25) is 0 Å². The lowest BCUT2D eigenvalue weighted by Crippen LogP contribution is -2.32. The van der Waals surface area contributed by atoms with Gasteiger partial charge in [-0.2, -0.15) is 0 Å². The van der Waals surface area contributed by atoms with Crippen LogP contribution in [0.3, 0.4) is 0 Å². The molecule has 0 bridgehead atoms. The molecule has 2 N–H and O–H groups in total. The molecular formula is C40H56O2. The lowest BCUT2D eigenvalue weighted by Gasteiger charge is -2.38. The van der Waals surface area contributed by atoms with Crippen molar-refractivity contribution in [2.24, 2.45) is 16.7 Å². The maximum absolute atomic E-state index is 10.1. The van der Waals surface area contributed by atoms with Crippen LogP contribution in [0.1, 0.15) is 88.5 Å². The number of hydrogen-bond donors (Lipinski definition) is 2. The van der Waals surface area contributed by atoms with E-state index < -0.39 is 0 Å². The Bertz CT molecular complexity index is 1270. The van der Waals surface area contributed by atoms with Crippen molar-refractivity contribution in [3.8, 4) is 0 Å². The second-order valence-electron chi connectivity index (χ2n) is 13.7. The zero-order valence-electron chi connectivity index (χ0n) is 27.9. The fourth-order valence-corrected chi connectivity index (χ4v) is 6.14. The summed E-state index contributed by atoms with van der Waals surface area (Å²) in [4.78, 5) is 0. The van der Waals surface area contributed by atoms with E-state index in [2.05, 4.69) is 154 Å². The number of rotatable bonds is 10. The van der Waals surface area contributed by atoms with Gasteiger partial charge in [0.15, 0.2) is 0 Å². The van der Waals surface area contributed by atoms with E-state index in [1.165, 1.54) is 39.0 Å². The van der Waals surface area contributed by atoms with Crippen LogP contribution in [0.15, 0.2) is 130 Å². The number of allylic oxidation sites excluding steroid dienone is 20. The van der Waals surface area contributed by atoms with Crippen molar-refractivity contribution < 1.29 is 10.2 Å². The first-order chi connectivity index (χ1) is 19.6. The minimum atomic E-state index is -0.331. The third-order valence-electron chi connectivity index (χ3n) is 8.33. The van der Waals surface area contributed by atoms with Crippen molar-refractivity contribution >= 4 is 0 Å². The van der Waals surface area contributed by atoms with Gasteiger partial charge in [-0.25, -0.2) is 0 Å². The molecule has 3 atom stereocenters. The second-order valence-corrected chi connectivity index (χ2v) is 13.7.